The second kappa shape index (κ2) is 9.19. The van der Waals surface area contributed by atoms with Gasteiger partial charge in [-0.05, 0) is 44.6 Å². The first kappa shape index (κ1) is 23.7. The van der Waals surface area contributed by atoms with Gasteiger partial charge in [0.15, 0.2) is 5.82 Å². The summed E-state index contributed by atoms with van der Waals surface area (Å²) >= 11 is 0. The van der Waals surface area contributed by atoms with Crippen LogP contribution in [0, 0.1) is 11.7 Å². The van der Waals surface area contributed by atoms with Crippen molar-refractivity contribution in [2.24, 2.45) is 5.92 Å². The molecule has 4 N–H and O–H groups in total. The molecule has 2 amide bonds. The van der Waals surface area contributed by atoms with Gasteiger partial charge in [-0.2, -0.15) is 5.10 Å². The van der Waals surface area contributed by atoms with E-state index < -0.39 is 18.0 Å². The van der Waals surface area contributed by atoms with E-state index in [0.717, 1.165) is 19.0 Å². The van der Waals surface area contributed by atoms with Crippen LogP contribution in [0.4, 0.5) is 4.39 Å². The Morgan fingerprint density at radius 2 is 2.06 bits per heavy atom. The summed E-state index contributed by atoms with van der Waals surface area (Å²) in [5, 5.41) is 29.7. The number of nitrogens with zero attached hydrogens (tertiary/aromatic N) is 3. The molecule has 35 heavy (non-hydrogen) atoms. The summed E-state index contributed by atoms with van der Waals surface area (Å²) < 4.78 is 19.3. The predicted molar refractivity (Wildman–Crippen MR) is 122 cm³/mol. The lowest BCUT2D eigenvalue weighted by atomic mass is 9.86. The fraction of sp³-hybridized carbons (Fsp3) is 0.583. The molecule has 4 unspecified atom stereocenters. The molecule has 11 heteroatoms. The average Bonchev–Trinajstić information content (AvgIpc) is 3.42. The summed E-state index contributed by atoms with van der Waals surface area (Å²) in [6, 6.07) is 2.60. The number of aliphatic hydroxyl groups excluding tert-OH is 2. The molecule has 1 spiro atoms. The number of aliphatic hydroxyl groups is 2. The van der Waals surface area contributed by atoms with Gasteiger partial charge in [0.25, 0.3) is 5.91 Å². The maximum atomic E-state index is 14.3. The van der Waals surface area contributed by atoms with E-state index in [4.69, 9.17) is 4.74 Å². The van der Waals surface area contributed by atoms with E-state index in [9.17, 15) is 24.2 Å². The second-order valence-corrected chi connectivity index (χ2v) is 9.89. The van der Waals surface area contributed by atoms with Crippen molar-refractivity contribution in [3.63, 3.8) is 0 Å². The Bertz CT molecular complexity index is 1120. The van der Waals surface area contributed by atoms with E-state index in [1.54, 1.807) is 0 Å². The minimum atomic E-state index is -0.751. The highest BCUT2D eigenvalue weighted by Crippen LogP contribution is 2.50. The molecule has 2 aromatic heterocycles. The third-order valence-electron chi connectivity index (χ3n) is 7.58. The number of carbonyl (C=O) groups is 2. The number of methoxy groups -OCH3 is 1. The summed E-state index contributed by atoms with van der Waals surface area (Å²) in [4.78, 5) is 31.9. The van der Waals surface area contributed by atoms with Crippen molar-refractivity contribution in [3.05, 3.63) is 29.8 Å². The number of pyridine rings is 1. The van der Waals surface area contributed by atoms with Crippen LogP contribution in [0.25, 0.3) is 11.3 Å². The van der Waals surface area contributed by atoms with Crippen LogP contribution < -0.4 is 10.1 Å². The van der Waals surface area contributed by atoms with Crippen molar-refractivity contribution in [1.82, 2.24) is 25.4 Å². The molecule has 188 valence electrons. The van der Waals surface area contributed by atoms with E-state index in [1.165, 1.54) is 19.2 Å². The zero-order chi connectivity index (χ0) is 24.7. The standard InChI is InChI=1S/C24H30FN5O5/c1-35-21-9-15(16(25)12-26-21)18-10-19(29-28-18)23(34)30-7-4-13(11-24(30)5-6-24)22(33)27-17-3-2-14(31)8-20(17)32/h9-10,12-14,17,20,31-32H,2-8,11H2,1H3,(H,27,33)(H,28,29). The van der Waals surface area contributed by atoms with E-state index in [-0.39, 0.29) is 58.6 Å². The Hall–Kier alpha value is -3.05. The first-order chi connectivity index (χ1) is 16.8. The van der Waals surface area contributed by atoms with Crippen LogP contribution in [0.2, 0.25) is 0 Å². The lowest BCUT2D eigenvalue weighted by Crippen LogP contribution is -2.54. The number of hydrogen-bond donors (Lipinski definition) is 4. The Morgan fingerprint density at radius 1 is 1.26 bits per heavy atom. The fourth-order valence-corrected chi connectivity index (χ4v) is 5.39. The van der Waals surface area contributed by atoms with Crippen LogP contribution in [0.15, 0.2) is 18.3 Å². The van der Waals surface area contributed by atoms with Crippen molar-refractivity contribution < 1.29 is 28.9 Å². The van der Waals surface area contributed by atoms with E-state index in [2.05, 4.69) is 20.5 Å². The van der Waals surface area contributed by atoms with Crippen LogP contribution in [0.1, 0.15) is 55.4 Å². The monoisotopic (exact) mass is 487 g/mol. The molecule has 1 saturated heterocycles. The van der Waals surface area contributed by atoms with Crippen molar-refractivity contribution in [2.45, 2.75) is 68.7 Å². The van der Waals surface area contributed by atoms with E-state index in [0.29, 0.717) is 32.2 Å². The third kappa shape index (κ3) is 4.62. The largest absolute Gasteiger partial charge is 0.481 e. The highest BCUT2D eigenvalue weighted by atomic mass is 19.1. The molecule has 4 atom stereocenters. The lowest BCUT2D eigenvalue weighted by Gasteiger charge is -2.40. The average molecular weight is 488 g/mol. The number of nitrogens with one attached hydrogen (secondary N) is 2. The number of amides is 2. The molecule has 3 heterocycles. The normalized spacial score (nSPS) is 27.5. The summed E-state index contributed by atoms with van der Waals surface area (Å²) in [5.41, 5.74) is 0.353. The fourth-order valence-electron chi connectivity index (χ4n) is 5.39. The number of piperidine rings is 1. The number of hydrogen-bond acceptors (Lipinski definition) is 7. The van der Waals surface area contributed by atoms with Crippen molar-refractivity contribution in [3.8, 4) is 17.1 Å². The number of halogens is 1. The van der Waals surface area contributed by atoms with Gasteiger partial charge in [0.2, 0.25) is 11.8 Å². The van der Waals surface area contributed by atoms with Crippen LogP contribution in [0.5, 0.6) is 5.88 Å². The van der Waals surface area contributed by atoms with Crippen molar-refractivity contribution in [1.29, 1.82) is 0 Å². The molecular weight excluding hydrogens is 457 g/mol. The summed E-state index contributed by atoms with van der Waals surface area (Å²) in [5.74, 6) is -0.893. The minimum Gasteiger partial charge on any atom is -0.481 e. The molecule has 10 nitrogen and oxygen atoms in total. The number of rotatable bonds is 5. The van der Waals surface area contributed by atoms with Gasteiger partial charge in [-0.15, -0.1) is 0 Å². The minimum absolute atomic E-state index is 0.102. The maximum absolute atomic E-state index is 14.3. The van der Waals surface area contributed by atoms with Gasteiger partial charge >= 0.3 is 0 Å². The zero-order valence-corrected chi connectivity index (χ0v) is 19.5. The molecule has 5 rings (SSSR count). The Kier molecular flexibility index (Phi) is 6.22. The number of ether oxygens (including phenoxy) is 1. The molecule has 0 bridgehead atoms. The van der Waals surface area contributed by atoms with Gasteiger partial charge in [0.1, 0.15) is 5.69 Å². The third-order valence-corrected chi connectivity index (χ3v) is 7.58. The van der Waals surface area contributed by atoms with E-state index >= 15 is 0 Å². The molecule has 2 aromatic rings. The smallest absolute Gasteiger partial charge is 0.272 e. The number of aromatic nitrogens is 3. The highest BCUT2D eigenvalue weighted by Gasteiger charge is 2.54. The van der Waals surface area contributed by atoms with Crippen LogP contribution in [-0.2, 0) is 4.79 Å². The highest BCUT2D eigenvalue weighted by molar-refractivity contribution is 5.94. The number of H-pyrrole nitrogens is 1. The first-order valence-electron chi connectivity index (χ1n) is 12.0. The number of carbonyl (C=O) groups excluding carboxylic acids is 2. The number of likely N-dealkylation sites (tertiary alicyclic amines) is 1. The predicted octanol–water partition coefficient (Wildman–Crippen LogP) is 1.39. The van der Waals surface area contributed by atoms with E-state index in [1.807, 2.05) is 4.90 Å². The second-order valence-electron chi connectivity index (χ2n) is 9.89. The van der Waals surface area contributed by atoms with Gasteiger partial charge in [-0.3, -0.25) is 14.7 Å². The number of aromatic amines is 1. The molecular formula is C24H30FN5O5. The molecule has 0 radical (unpaired) electrons. The van der Waals surface area contributed by atoms with Gasteiger partial charge in [0, 0.05) is 36.1 Å². The zero-order valence-electron chi connectivity index (χ0n) is 19.5. The molecule has 2 saturated carbocycles. The summed E-state index contributed by atoms with van der Waals surface area (Å²) in [6.07, 6.45) is 3.86. The van der Waals surface area contributed by atoms with Gasteiger partial charge in [-0.25, -0.2) is 9.37 Å². The Labute approximate surface area is 201 Å². The SMILES string of the molecule is COc1cc(-c2cc(C(=O)N3CCC(C(=O)NC4CCC(O)CC4O)CC34CC4)[nH]n2)c(F)cn1. The molecule has 1 aliphatic heterocycles. The van der Waals surface area contributed by atoms with Crippen LogP contribution >= 0.6 is 0 Å². The molecule has 3 fully saturated rings. The topological polar surface area (TPSA) is 141 Å². The summed E-state index contributed by atoms with van der Waals surface area (Å²) in [7, 11) is 1.43. The lowest BCUT2D eigenvalue weighted by molar-refractivity contribution is -0.129. The Morgan fingerprint density at radius 3 is 2.77 bits per heavy atom. The molecule has 3 aliphatic rings. The molecule has 0 aromatic carbocycles. The van der Waals surface area contributed by atoms with Gasteiger partial charge in [0.05, 0.1) is 37.3 Å². The quantitative estimate of drug-likeness (QED) is 0.500. The van der Waals surface area contributed by atoms with Gasteiger partial charge < -0.3 is 25.2 Å². The Balaban J connectivity index is 1.25. The summed E-state index contributed by atoms with van der Waals surface area (Å²) in [6.45, 7) is 0.425. The van der Waals surface area contributed by atoms with Crippen molar-refractivity contribution >= 4 is 11.8 Å². The van der Waals surface area contributed by atoms with Crippen LogP contribution in [0.3, 0.4) is 0 Å². The first-order valence-corrected chi connectivity index (χ1v) is 12.0. The van der Waals surface area contributed by atoms with Crippen LogP contribution in [-0.4, -0.2) is 79.6 Å². The molecule has 2 aliphatic carbocycles. The maximum Gasteiger partial charge on any atom is 0.272 e. The van der Waals surface area contributed by atoms with Crippen molar-refractivity contribution in [2.75, 3.05) is 13.7 Å². The van der Waals surface area contributed by atoms with Gasteiger partial charge in [-0.1, -0.05) is 0 Å².